The van der Waals surface area contributed by atoms with Gasteiger partial charge in [0, 0.05) is 41.5 Å². The molecule has 9 heteroatoms. The Labute approximate surface area is 218 Å². The van der Waals surface area contributed by atoms with Gasteiger partial charge in [0.2, 0.25) is 14.3 Å². The second-order valence-electron chi connectivity index (χ2n) is 11.0. The minimum absolute atomic E-state index is 0.0563. The highest BCUT2D eigenvalue weighted by Gasteiger charge is 2.66. The lowest BCUT2D eigenvalue weighted by Gasteiger charge is -2.31. The van der Waals surface area contributed by atoms with E-state index in [-0.39, 0.29) is 30.8 Å². The maximum absolute atomic E-state index is 15.7. The van der Waals surface area contributed by atoms with Gasteiger partial charge in [-0.25, -0.2) is 0 Å². The van der Waals surface area contributed by atoms with E-state index in [1.54, 1.807) is 18.0 Å². The van der Waals surface area contributed by atoms with Crippen molar-refractivity contribution < 1.29 is 23.5 Å². The van der Waals surface area contributed by atoms with Crippen LogP contribution >= 0.6 is 0 Å². The summed E-state index contributed by atoms with van der Waals surface area (Å²) in [6.45, 7) is 6.59. The number of halogens is 1. The molecule has 0 radical (unpaired) electrons. The van der Waals surface area contributed by atoms with Gasteiger partial charge in [0.05, 0.1) is 17.7 Å². The van der Waals surface area contributed by atoms with Gasteiger partial charge >= 0.3 is 0 Å². The molecule has 198 valence electrons. The summed E-state index contributed by atoms with van der Waals surface area (Å²) in [5.74, 6) is -0.884. The molecule has 0 aromatic heterocycles. The number of benzene rings is 2. The summed E-state index contributed by atoms with van der Waals surface area (Å²) in [6.07, 6.45) is 1.46. The zero-order valence-corrected chi connectivity index (χ0v) is 22.7. The van der Waals surface area contributed by atoms with Crippen molar-refractivity contribution in [2.24, 2.45) is 11.8 Å². The average Bonchev–Trinajstić information content (AvgIpc) is 3.31. The number of rotatable bonds is 6. The summed E-state index contributed by atoms with van der Waals surface area (Å²) in [5, 5.41) is 16.1. The largest absolute Gasteiger partial charge is 0.396 e. The van der Waals surface area contributed by atoms with Crippen molar-refractivity contribution >= 4 is 37.3 Å². The summed E-state index contributed by atoms with van der Waals surface area (Å²) < 4.78 is 22.3. The first kappa shape index (κ1) is 26.0. The molecular weight excluding hydrogens is 489 g/mol. The van der Waals surface area contributed by atoms with Crippen molar-refractivity contribution in [3.05, 3.63) is 54.1 Å². The number of fused-ring (bicyclic) bond motifs is 2. The fraction of sp³-hybridized carbons (Fsp3) is 0.500. The van der Waals surface area contributed by atoms with Crippen molar-refractivity contribution in [2.75, 3.05) is 29.9 Å². The Kier molecular flexibility index (Phi) is 6.99. The highest BCUT2D eigenvalue weighted by Crippen LogP contribution is 2.61. The van der Waals surface area contributed by atoms with Gasteiger partial charge in [0.15, 0.2) is 5.60 Å². The van der Waals surface area contributed by atoms with E-state index in [1.807, 2.05) is 55.5 Å². The van der Waals surface area contributed by atoms with Crippen LogP contribution in [0.25, 0.3) is 0 Å². The first-order valence-electron chi connectivity index (χ1n) is 13.2. The first-order chi connectivity index (χ1) is 17.7. The monoisotopic (exact) mass is 525 g/mol. The van der Waals surface area contributed by atoms with E-state index >= 15 is 4.11 Å². The molecule has 1 unspecified atom stereocenters. The quantitative estimate of drug-likeness (QED) is 0.383. The number of piperidine rings is 1. The van der Waals surface area contributed by atoms with Crippen LogP contribution in [0.5, 0.6) is 0 Å². The molecule has 3 aliphatic rings. The van der Waals surface area contributed by atoms with Crippen LogP contribution in [0.3, 0.4) is 0 Å². The normalized spacial score (nSPS) is 29.5. The second-order valence-corrected chi connectivity index (χ2v) is 14.8. The number of nitrogens with zero attached hydrogens (tertiary/aromatic N) is 1. The Hall–Kier alpha value is -2.59. The van der Waals surface area contributed by atoms with Gasteiger partial charge in [-0.15, -0.1) is 0 Å². The van der Waals surface area contributed by atoms with Crippen LogP contribution in [0.1, 0.15) is 31.7 Å². The Morgan fingerprint density at radius 1 is 1.27 bits per heavy atom. The van der Waals surface area contributed by atoms with Crippen molar-refractivity contribution in [1.29, 1.82) is 0 Å². The number of aliphatic hydroxyl groups is 1. The summed E-state index contributed by atoms with van der Waals surface area (Å²) >= 11 is 0. The van der Waals surface area contributed by atoms with Gasteiger partial charge in [-0.2, -0.15) is 0 Å². The standard InChI is InChI=1S/C28H36FN3O4Si/c1-18-25(37(2,3)29)24(13-15-33)36-28(18)22-16-20(31-26(34)19-8-7-14-30-17-19)11-12-23(22)32(27(28)35)21-9-5-4-6-10-21/h4-6,9-12,16,18-19,24-25,30,33H,7-8,13-15,17H2,1-3H3,(H,31,34)/t18-,19?,24+,25-,28+/m0/s1. The Morgan fingerprint density at radius 2 is 2.03 bits per heavy atom. The van der Waals surface area contributed by atoms with E-state index in [0.717, 1.165) is 19.4 Å². The second kappa shape index (κ2) is 9.94. The summed E-state index contributed by atoms with van der Waals surface area (Å²) in [4.78, 5) is 29.0. The molecule has 2 aromatic carbocycles. The lowest BCUT2D eigenvalue weighted by Crippen LogP contribution is -2.44. The number of aliphatic hydroxyl groups excluding tert-OH is 1. The minimum Gasteiger partial charge on any atom is -0.396 e. The third-order valence-corrected chi connectivity index (χ3v) is 10.7. The van der Waals surface area contributed by atoms with Gasteiger partial charge in [-0.05, 0) is 69.2 Å². The molecule has 3 heterocycles. The summed E-state index contributed by atoms with van der Waals surface area (Å²) in [6, 6.07) is 14.8. The molecule has 2 aromatic rings. The SMILES string of the molecule is C[C@H]1[C@H]([Si](C)(C)F)[C@@H](CCO)O[C@]12C(=O)N(c1ccccc1)c1ccc(NC(=O)C3CCCNC3)cc12. The third-order valence-electron chi connectivity index (χ3n) is 8.23. The Balaban J connectivity index is 1.60. The van der Waals surface area contributed by atoms with Gasteiger partial charge in [-0.3, -0.25) is 14.5 Å². The van der Waals surface area contributed by atoms with E-state index in [4.69, 9.17) is 4.74 Å². The van der Waals surface area contributed by atoms with Crippen LogP contribution in [0, 0.1) is 11.8 Å². The van der Waals surface area contributed by atoms with Crippen LogP contribution in [-0.2, 0) is 19.9 Å². The molecule has 5 atom stereocenters. The zero-order valence-electron chi connectivity index (χ0n) is 21.7. The molecule has 3 N–H and O–H groups in total. The molecule has 5 rings (SSSR count). The summed E-state index contributed by atoms with van der Waals surface area (Å²) in [5.41, 5.74) is 0.716. The van der Waals surface area contributed by atoms with E-state index in [0.29, 0.717) is 29.2 Å². The number of anilines is 3. The van der Waals surface area contributed by atoms with Crippen molar-refractivity contribution in [3.63, 3.8) is 0 Å². The van der Waals surface area contributed by atoms with Crippen molar-refractivity contribution in [1.82, 2.24) is 5.32 Å². The fourth-order valence-corrected chi connectivity index (χ4v) is 9.14. The average molecular weight is 526 g/mol. The maximum Gasteiger partial charge on any atom is 0.268 e. The number of para-hydroxylation sites is 1. The number of nitrogens with one attached hydrogen (secondary N) is 2. The number of amides is 2. The number of ether oxygens (including phenoxy) is 1. The van der Waals surface area contributed by atoms with Gasteiger partial charge in [0.1, 0.15) is 0 Å². The van der Waals surface area contributed by atoms with Gasteiger partial charge in [0.25, 0.3) is 5.91 Å². The van der Waals surface area contributed by atoms with Crippen LogP contribution in [0.2, 0.25) is 18.6 Å². The molecule has 3 aliphatic heterocycles. The molecule has 1 spiro atoms. The molecule has 2 amide bonds. The molecule has 7 nitrogen and oxygen atoms in total. The van der Waals surface area contributed by atoms with Crippen molar-refractivity contribution in [2.45, 2.75) is 56.5 Å². The lowest BCUT2D eigenvalue weighted by atomic mass is 9.82. The van der Waals surface area contributed by atoms with E-state index in [1.165, 1.54) is 0 Å². The Morgan fingerprint density at radius 3 is 2.68 bits per heavy atom. The minimum atomic E-state index is -3.28. The maximum atomic E-state index is 15.7. The van der Waals surface area contributed by atoms with Crippen LogP contribution < -0.4 is 15.5 Å². The fourth-order valence-electron chi connectivity index (χ4n) is 6.60. The highest BCUT2D eigenvalue weighted by atomic mass is 28.4. The highest BCUT2D eigenvalue weighted by molar-refractivity contribution is 6.72. The van der Waals surface area contributed by atoms with Crippen molar-refractivity contribution in [3.8, 4) is 0 Å². The predicted molar refractivity (Wildman–Crippen MR) is 144 cm³/mol. The first-order valence-corrected chi connectivity index (χ1v) is 16.2. The Bertz CT molecular complexity index is 1170. The molecule has 2 saturated heterocycles. The van der Waals surface area contributed by atoms with Gasteiger partial charge < -0.3 is 24.6 Å². The van der Waals surface area contributed by atoms with Gasteiger partial charge in [-0.1, -0.05) is 25.1 Å². The number of hydrogen-bond acceptors (Lipinski definition) is 5. The lowest BCUT2D eigenvalue weighted by molar-refractivity contribution is -0.145. The van der Waals surface area contributed by atoms with Crippen LogP contribution in [-0.4, -0.2) is 51.1 Å². The third kappa shape index (κ3) is 4.41. The topological polar surface area (TPSA) is 90.9 Å². The predicted octanol–water partition coefficient (Wildman–Crippen LogP) is 4.46. The van der Waals surface area contributed by atoms with E-state index in [2.05, 4.69) is 10.6 Å². The molecule has 37 heavy (non-hydrogen) atoms. The van der Waals surface area contributed by atoms with E-state index in [9.17, 15) is 14.7 Å². The molecular formula is C28H36FN3O4Si. The summed E-state index contributed by atoms with van der Waals surface area (Å²) in [7, 11) is -3.28. The number of hydrogen-bond donors (Lipinski definition) is 3. The molecule has 2 fully saturated rings. The zero-order chi connectivity index (χ0) is 26.4. The smallest absolute Gasteiger partial charge is 0.268 e. The number of carbonyl (C=O) groups excluding carboxylic acids is 2. The molecule has 0 bridgehead atoms. The van der Waals surface area contributed by atoms with Crippen LogP contribution in [0.4, 0.5) is 21.2 Å². The van der Waals surface area contributed by atoms with Crippen LogP contribution in [0.15, 0.2) is 48.5 Å². The molecule has 0 saturated carbocycles. The van der Waals surface area contributed by atoms with E-state index < -0.39 is 31.6 Å². The number of carbonyl (C=O) groups is 2. The molecule has 0 aliphatic carbocycles.